The highest BCUT2D eigenvalue weighted by Gasteiger charge is 2.52. The van der Waals surface area contributed by atoms with Crippen LogP contribution in [0, 0.1) is 11.3 Å². The van der Waals surface area contributed by atoms with E-state index in [0.717, 1.165) is 0 Å². The van der Waals surface area contributed by atoms with Crippen LogP contribution >= 0.6 is 0 Å². The van der Waals surface area contributed by atoms with Gasteiger partial charge in [0.25, 0.3) is 0 Å². The SMILES string of the molecule is CC1(C)OB(c2ccnc(C#N)n2)OC1(C)C. The van der Waals surface area contributed by atoms with E-state index in [2.05, 4.69) is 9.97 Å². The van der Waals surface area contributed by atoms with Crippen molar-refractivity contribution in [2.45, 2.75) is 38.9 Å². The van der Waals surface area contributed by atoms with E-state index in [0.29, 0.717) is 5.59 Å². The maximum Gasteiger partial charge on any atom is 0.514 e. The third-order valence-corrected chi connectivity index (χ3v) is 3.27. The van der Waals surface area contributed by atoms with E-state index in [1.807, 2.05) is 33.8 Å². The molecule has 0 aliphatic carbocycles. The molecule has 0 bridgehead atoms. The van der Waals surface area contributed by atoms with Crippen molar-refractivity contribution in [2.75, 3.05) is 0 Å². The molecule has 1 aromatic heterocycles. The molecule has 88 valence electrons. The minimum Gasteiger partial charge on any atom is -0.398 e. The lowest BCUT2D eigenvalue weighted by Crippen LogP contribution is -2.41. The second-order valence-corrected chi connectivity index (χ2v) is 5.01. The Morgan fingerprint density at radius 2 is 1.82 bits per heavy atom. The maximum atomic E-state index is 8.75. The molecule has 0 amide bonds. The summed E-state index contributed by atoms with van der Waals surface area (Å²) in [7, 11) is -0.546. The fourth-order valence-electron chi connectivity index (χ4n) is 1.52. The molecular formula is C11H14BN3O2. The minimum absolute atomic E-state index is 0.122. The molecule has 1 aromatic rings. The zero-order chi connectivity index (χ0) is 12.7. The highest BCUT2D eigenvalue weighted by Crippen LogP contribution is 2.36. The number of hydrogen-bond donors (Lipinski definition) is 0. The molecule has 0 unspecified atom stereocenters. The summed E-state index contributed by atoms with van der Waals surface area (Å²) < 4.78 is 11.7. The van der Waals surface area contributed by atoms with Gasteiger partial charge in [-0.25, -0.2) is 9.97 Å². The minimum atomic E-state index is -0.546. The quantitative estimate of drug-likeness (QED) is 0.663. The van der Waals surface area contributed by atoms with Gasteiger partial charge in [-0.3, -0.25) is 0 Å². The van der Waals surface area contributed by atoms with Crippen molar-refractivity contribution in [2.24, 2.45) is 0 Å². The first-order chi connectivity index (χ1) is 7.86. The van der Waals surface area contributed by atoms with E-state index in [1.54, 1.807) is 6.07 Å². The van der Waals surface area contributed by atoms with Crippen molar-refractivity contribution < 1.29 is 9.31 Å². The number of hydrogen-bond acceptors (Lipinski definition) is 5. The Labute approximate surface area is 101 Å². The Morgan fingerprint density at radius 1 is 1.24 bits per heavy atom. The van der Waals surface area contributed by atoms with Crippen LogP contribution in [0.25, 0.3) is 0 Å². The summed E-state index contributed by atoms with van der Waals surface area (Å²) in [6.07, 6.45) is 1.53. The van der Waals surface area contributed by atoms with Crippen molar-refractivity contribution in [1.29, 1.82) is 5.26 Å². The molecule has 0 saturated carbocycles. The van der Waals surface area contributed by atoms with Crippen molar-refractivity contribution >= 4 is 12.7 Å². The molecule has 0 atom stereocenters. The summed E-state index contributed by atoms with van der Waals surface area (Å²) in [5.41, 5.74) is -0.236. The van der Waals surface area contributed by atoms with E-state index < -0.39 is 18.3 Å². The molecule has 0 N–H and O–H groups in total. The molecule has 0 aromatic carbocycles. The van der Waals surface area contributed by atoms with Crippen LogP contribution in [0.2, 0.25) is 0 Å². The third kappa shape index (κ3) is 2.04. The lowest BCUT2D eigenvalue weighted by Gasteiger charge is -2.32. The maximum absolute atomic E-state index is 8.75. The van der Waals surface area contributed by atoms with Crippen LogP contribution < -0.4 is 5.59 Å². The summed E-state index contributed by atoms with van der Waals surface area (Å²) in [6.45, 7) is 7.89. The summed E-state index contributed by atoms with van der Waals surface area (Å²) in [4.78, 5) is 7.90. The van der Waals surface area contributed by atoms with E-state index in [4.69, 9.17) is 14.6 Å². The second-order valence-electron chi connectivity index (χ2n) is 5.01. The standard InChI is InChI=1S/C11H14BN3O2/c1-10(2)11(3,4)17-12(16-10)8-5-6-14-9(7-13)15-8/h5-6H,1-4H3. The monoisotopic (exact) mass is 231 g/mol. The van der Waals surface area contributed by atoms with E-state index in [-0.39, 0.29) is 5.82 Å². The predicted molar refractivity (Wildman–Crippen MR) is 62.5 cm³/mol. The highest BCUT2D eigenvalue weighted by molar-refractivity contribution is 6.61. The van der Waals surface area contributed by atoms with Crippen molar-refractivity contribution in [3.8, 4) is 6.07 Å². The first-order valence-corrected chi connectivity index (χ1v) is 5.44. The molecule has 0 spiro atoms. The second kappa shape index (κ2) is 3.79. The van der Waals surface area contributed by atoms with Gasteiger partial charge >= 0.3 is 7.12 Å². The molecule has 0 radical (unpaired) electrons. The number of nitrogens with zero attached hydrogens (tertiary/aromatic N) is 3. The zero-order valence-electron chi connectivity index (χ0n) is 10.4. The molecule has 1 saturated heterocycles. The smallest absolute Gasteiger partial charge is 0.398 e. The van der Waals surface area contributed by atoms with Gasteiger partial charge in [0.1, 0.15) is 6.07 Å². The van der Waals surface area contributed by atoms with Crippen molar-refractivity contribution in [1.82, 2.24) is 9.97 Å². The normalized spacial score (nSPS) is 21.2. The lowest BCUT2D eigenvalue weighted by molar-refractivity contribution is 0.00578. The molecule has 17 heavy (non-hydrogen) atoms. The Bertz CT molecular complexity index is 466. The Kier molecular flexibility index (Phi) is 2.68. The predicted octanol–water partition coefficient (Wildman–Crippen LogP) is 0.647. The molecule has 1 aliphatic heterocycles. The van der Waals surface area contributed by atoms with Gasteiger partial charge < -0.3 is 9.31 Å². The number of aromatic nitrogens is 2. The lowest BCUT2D eigenvalue weighted by atomic mass is 9.84. The Balaban J connectivity index is 2.29. The van der Waals surface area contributed by atoms with Crippen molar-refractivity contribution in [3.05, 3.63) is 18.1 Å². The summed E-state index contributed by atoms with van der Waals surface area (Å²) >= 11 is 0. The van der Waals surface area contributed by atoms with Crippen LogP contribution in [0.4, 0.5) is 0 Å². The average Bonchev–Trinajstić information content (AvgIpc) is 2.48. The first-order valence-electron chi connectivity index (χ1n) is 5.44. The number of rotatable bonds is 1. The molecule has 2 rings (SSSR count). The summed E-state index contributed by atoms with van der Waals surface area (Å²) in [5, 5.41) is 8.75. The molecular weight excluding hydrogens is 217 g/mol. The summed E-state index contributed by atoms with van der Waals surface area (Å²) in [5.74, 6) is 0.122. The van der Waals surface area contributed by atoms with Gasteiger partial charge in [-0.1, -0.05) is 0 Å². The fraction of sp³-hybridized carbons (Fsp3) is 0.545. The molecule has 6 heteroatoms. The first kappa shape index (κ1) is 12.0. The van der Waals surface area contributed by atoms with Gasteiger partial charge in [-0.05, 0) is 33.8 Å². The van der Waals surface area contributed by atoms with Gasteiger partial charge in [0.2, 0.25) is 5.82 Å². The molecule has 2 heterocycles. The van der Waals surface area contributed by atoms with Gasteiger partial charge in [0.15, 0.2) is 0 Å². The van der Waals surface area contributed by atoms with Gasteiger partial charge in [0.05, 0.1) is 16.8 Å². The van der Waals surface area contributed by atoms with Crippen LogP contribution in [0.3, 0.4) is 0 Å². The molecule has 1 aliphatic rings. The van der Waals surface area contributed by atoms with Crippen LogP contribution in [0.1, 0.15) is 33.5 Å². The van der Waals surface area contributed by atoms with Crippen molar-refractivity contribution in [3.63, 3.8) is 0 Å². The number of nitriles is 1. The topological polar surface area (TPSA) is 68.0 Å². The van der Waals surface area contributed by atoms with E-state index in [1.165, 1.54) is 6.20 Å². The molecule has 1 fully saturated rings. The Morgan fingerprint density at radius 3 is 2.35 bits per heavy atom. The molecule has 5 nitrogen and oxygen atoms in total. The highest BCUT2D eigenvalue weighted by atomic mass is 16.7. The van der Waals surface area contributed by atoms with Crippen LogP contribution in [-0.2, 0) is 9.31 Å². The van der Waals surface area contributed by atoms with Crippen LogP contribution in [0.15, 0.2) is 12.3 Å². The summed E-state index contributed by atoms with van der Waals surface area (Å²) in [6, 6.07) is 3.60. The average molecular weight is 231 g/mol. The van der Waals surface area contributed by atoms with E-state index in [9.17, 15) is 0 Å². The Hall–Kier alpha value is -1.45. The fourth-order valence-corrected chi connectivity index (χ4v) is 1.52. The largest absolute Gasteiger partial charge is 0.514 e. The third-order valence-electron chi connectivity index (χ3n) is 3.27. The van der Waals surface area contributed by atoms with Gasteiger partial charge in [-0.2, -0.15) is 5.26 Å². The van der Waals surface area contributed by atoms with Crippen LogP contribution in [0.5, 0.6) is 0 Å². The van der Waals surface area contributed by atoms with Gasteiger partial charge in [0, 0.05) is 6.20 Å². The van der Waals surface area contributed by atoms with E-state index >= 15 is 0 Å². The zero-order valence-corrected chi connectivity index (χ0v) is 10.4. The van der Waals surface area contributed by atoms with Crippen LogP contribution in [-0.4, -0.2) is 28.3 Å². The van der Waals surface area contributed by atoms with Gasteiger partial charge in [-0.15, -0.1) is 0 Å².